The maximum Gasteiger partial charge on any atom is 0.255 e. The molecule has 0 spiro atoms. The van der Waals surface area contributed by atoms with E-state index in [4.69, 9.17) is 0 Å². The van der Waals surface area contributed by atoms with Gasteiger partial charge < -0.3 is 5.32 Å². The maximum absolute atomic E-state index is 12.6. The lowest BCUT2D eigenvalue weighted by molar-refractivity contribution is 0.102. The van der Waals surface area contributed by atoms with Gasteiger partial charge in [0.05, 0.1) is 4.90 Å². The fourth-order valence-corrected chi connectivity index (χ4v) is 3.66. The van der Waals surface area contributed by atoms with Gasteiger partial charge in [0.25, 0.3) is 5.91 Å². The van der Waals surface area contributed by atoms with Crippen LogP contribution in [0.25, 0.3) is 0 Å². The lowest BCUT2D eigenvalue weighted by Gasteiger charge is -2.09. The molecule has 0 aliphatic heterocycles. The molecular weight excluding hydrogens is 374 g/mol. The van der Waals surface area contributed by atoms with Gasteiger partial charge in [-0.1, -0.05) is 25.1 Å². The molecule has 0 unspecified atom stereocenters. The molecule has 2 aromatic carbocycles. The molecule has 3 rings (SSSR count). The summed E-state index contributed by atoms with van der Waals surface area (Å²) in [6, 6.07) is 17.0. The predicted molar refractivity (Wildman–Crippen MR) is 108 cm³/mol. The summed E-state index contributed by atoms with van der Waals surface area (Å²) in [5.41, 5.74) is 2.90. The van der Waals surface area contributed by atoms with Gasteiger partial charge in [0.15, 0.2) is 0 Å². The van der Waals surface area contributed by atoms with Gasteiger partial charge in [-0.3, -0.25) is 9.78 Å². The number of anilines is 1. The Morgan fingerprint density at radius 3 is 2.36 bits per heavy atom. The SMILES string of the molecule is CCc1ccc(NC(=O)c2cccc(S(=O)(=O)NCc3ccncc3)c2)cc1. The van der Waals surface area contributed by atoms with Crippen LogP contribution in [0, 0.1) is 0 Å². The van der Waals surface area contributed by atoms with E-state index in [1.54, 1.807) is 36.7 Å². The Morgan fingerprint density at radius 1 is 0.964 bits per heavy atom. The Kier molecular flexibility index (Phi) is 6.18. The van der Waals surface area contributed by atoms with E-state index in [1.807, 2.05) is 24.3 Å². The van der Waals surface area contributed by atoms with Crippen molar-refractivity contribution in [2.24, 2.45) is 0 Å². The first kappa shape index (κ1) is 19.7. The Balaban J connectivity index is 1.72. The minimum atomic E-state index is -3.75. The second-order valence-corrected chi connectivity index (χ2v) is 7.98. The van der Waals surface area contributed by atoms with Crippen molar-refractivity contribution in [1.29, 1.82) is 0 Å². The molecule has 0 saturated heterocycles. The molecular formula is C21H21N3O3S. The lowest BCUT2D eigenvalue weighted by atomic mass is 10.1. The summed E-state index contributed by atoms with van der Waals surface area (Å²) >= 11 is 0. The zero-order valence-corrected chi connectivity index (χ0v) is 16.2. The molecule has 0 aliphatic carbocycles. The number of carbonyl (C=O) groups is 1. The van der Waals surface area contributed by atoms with E-state index >= 15 is 0 Å². The van der Waals surface area contributed by atoms with E-state index < -0.39 is 10.0 Å². The van der Waals surface area contributed by atoms with E-state index in [-0.39, 0.29) is 22.9 Å². The molecule has 1 aromatic heterocycles. The number of hydrogen-bond acceptors (Lipinski definition) is 4. The van der Waals surface area contributed by atoms with Crippen molar-refractivity contribution >= 4 is 21.6 Å². The number of amides is 1. The fourth-order valence-electron chi connectivity index (χ4n) is 2.59. The van der Waals surface area contributed by atoms with Crippen molar-refractivity contribution < 1.29 is 13.2 Å². The molecule has 0 radical (unpaired) electrons. The molecule has 0 bridgehead atoms. The average molecular weight is 395 g/mol. The normalized spacial score (nSPS) is 11.2. The van der Waals surface area contributed by atoms with Gasteiger partial charge in [-0.05, 0) is 60.0 Å². The van der Waals surface area contributed by atoms with E-state index in [1.165, 1.54) is 17.7 Å². The first-order chi connectivity index (χ1) is 13.5. The molecule has 3 aromatic rings. The van der Waals surface area contributed by atoms with Crippen LogP contribution in [0.4, 0.5) is 5.69 Å². The van der Waals surface area contributed by atoms with Crippen LogP contribution in [0.15, 0.2) is 78.0 Å². The monoisotopic (exact) mass is 395 g/mol. The van der Waals surface area contributed by atoms with Crippen LogP contribution in [0.5, 0.6) is 0 Å². The molecule has 1 amide bonds. The molecule has 0 saturated carbocycles. The maximum atomic E-state index is 12.6. The summed E-state index contributed by atoms with van der Waals surface area (Å²) in [7, 11) is -3.75. The van der Waals surface area contributed by atoms with Crippen LogP contribution >= 0.6 is 0 Å². The lowest BCUT2D eigenvalue weighted by Crippen LogP contribution is -2.23. The number of pyridine rings is 1. The van der Waals surface area contributed by atoms with Crippen molar-refractivity contribution in [3.05, 3.63) is 89.7 Å². The van der Waals surface area contributed by atoms with Crippen LogP contribution in [-0.2, 0) is 23.0 Å². The number of hydrogen-bond donors (Lipinski definition) is 2. The molecule has 1 heterocycles. The molecule has 0 fully saturated rings. The highest BCUT2D eigenvalue weighted by atomic mass is 32.2. The highest BCUT2D eigenvalue weighted by molar-refractivity contribution is 7.89. The standard InChI is InChI=1S/C21H21N3O3S/c1-2-16-6-8-19(9-7-16)24-21(25)18-4-3-5-20(14-18)28(26,27)23-15-17-10-12-22-13-11-17/h3-14,23H,2,15H2,1H3,(H,24,25). The predicted octanol–water partition coefficient (Wildman–Crippen LogP) is 3.37. The van der Waals surface area contributed by atoms with E-state index in [9.17, 15) is 13.2 Å². The van der Waals surface area contributed by atoms with Crippen LogP contribution in [0.1, 0.15) is 28.4 Å². The number of rotatable bonds is 7. The van der Waals surface area contributed by atoms with Crippen molar-refractivity contribution in [3.63, 3.8) is 0 Å². The third-order valence-corrected chi connectivity index (χ3v) is 5.64. The summed E-state index contributed by atoms with van der Waals surface area (Å²) in [4.78, 5) is 16.4. The summed E-state index contributed by atoms with van der Waals surface area (Å²) in [6.07, 6.45) is 4.11. The topological polar surface area (TPSA) is 88.2 Å². The van der Waals surface area contributed by atoms with Gasteiger partial charge in [0, 0.05) is 30.2 Å². The summed E-state index contributed by atoms with van der Waals surface area (Å²) < 4.78 is 27.6. The summed E-state index contributed by atoms with van der Waals surface area (Å²) in [6.45, 7) is 2.20. The number of nitrogens with zero attached hydrogens (tertiary/aromatic N) is 1. The largest absolute Gasteiger partial charge is 0.322 e. The van der Waals surface area contributed by atoms with Crippen molar-refractivity contribution in [1.82, 2.24) is 9.71 Å². The Hall–Kier alpha value is -3.03. The van der Waals surface area contributed by atoms with Gasteiger partial charge in [0.2, 0.25) is 10.0 Å². The van der Waals surface area contributed by atoms with Crippen LogP contribution in [-0.4, -0.2) is 19.3 Å². The van der Waals surface area contributed by atoms with Gasteiger partial charge in [-0.25, -0.2) is 13.1 Å². The van der Waals surface area contributed by atoms with Crippen molar-refractivity contribution in [2.45, 2.75) is 24.8 Å². The highest BCUT2D eigenvalue weighted by Gasteiger charge is 2.16. The second-order valence-electron chi connectivity index (χ2n) is 6.21. The number of aryl methyl sites for hydroxylation is 1. The molecule has 6 nitrogen and oxygen atoms in total. The zero-order valence-electron chi connectivity index (χ0n) is 15.4. The second kappa shape index (κ2) is 8.77. The fraction of sp³-hybridized carbons (Fsp3) is 0.143. The quantitative estimate of drug-likeness (QED) is 0.642. The van der Waals surface area contributed by atoms with Gasteiger partial charge in [-0.15, -0.1) is 0 Å². The number of sulfonamides is 1. The highest BCUT2D eigenvalue weighted by Crippen LogP contribution is 2.15. The Labute approximate surface area is 164 Å². The van der Waals surface area contributed by atoms with Crippen molar-refractivity contribution in [2.75, 3.05) is 5.32 Å². The van der Waals surface area contributed by atoms with E-state index in [2.05, 4.69) is 21.9 Å². The minimum Gasteiger partial charge on any atom is -0.322 e. The molecule has 144 valence electrons. The van der Waals surface area contributed by atoms with Gasteiger partial charge >= 0.3 is 0 Å². The summed E-state index contributed by atoms with van der Waals surface area (Å²) in [5.74, 6) is -0.365. The molecule has 0 atom stereocenters. The first-order valence-corrected chi connectivity index (χ1v) is 10.3. The summed E-state index contributed by atoms with van der Waals surface area (Å²) in [5, 5.41) is 2.78. The van der Waals surface area contributed by atoms with Gasteiger partial charge in [-0.2, -0.15) is 0 Å². The van der Waals surface area contributed by atoms with Crippen LogP contribution in [0.3, 0.4) is 0 Å². The number of carbonyl (C=O) groups excluding carboxylic acids is 1. The number of aromatic nitrogens is 1. The van der Waals surface area contributed by atoms with Gasteiger partial charge in [0.1, 0.15) is 0 Å². The Bertz CT molecular complexity index is 1050. The molecule has 7 heteroatoms. The van der Waals surface area contributed by atoms with E-state index in [0.29, 0.717) is 5.69 Å². The van der Waals surface area contributed by atoms with Crippen LogP contribution < -0.4 is 10.0 Å². The number of nitrogens with one attached hydrogen (secondary N) is 2. The molecule has 2 N–H and O–H groups in total. The third-order valence-electron chi connectivity index (χ3n) is 4.24. The molecule has 0 aliphatic rings. The third kappa shape index (κ3) is 5.03. The van der Waals surface area contributed by atoms with Crippen LogP contribution in [0.2, 0.25) is 0 Å². The average Bonchev–Trinajstić information content (AvgIpc) is 2.74. The zero-order chi connectivity index (χ0) is 20.0. The smallest absolute Gasteiger partial charge is 0.255 e. The first-order valence-electron chi connectivity index (χ1n) is 8.87. The Morgan fingerprint density at radius 2 is 1.68 bits per heavy atom. The van der Waals surface area contributed by atoms with E-state index in [0.717, 1.165) is 12.0 Å². The molecule has 28 heavy (non-hydrogen) atoms. The van der Waals surface area contributed by atoms with Crippen molar-refractivity contribution in [3.8, 4) is 0 Å². The number of benzene rings is 2. The minimum absolute atomic E-state index is 0.0375.